The number of nitrogens with zero attached hydrogens (tertiary/aromatic N) is 3. The van der Waals surface area contributed by atoms with Gasteiger partial charge in [-0.3, -0.25) is 0 Å². The second kappa shape index (κ2) is 7.44. The van der Waals surface area contributed by atoms with Crippen LogP contribution in [-0.4, -0.2) is 32.5 Å². The van der Waals surface area contributed by atoms with Crippen molar-refractivity contribution in [3.63, 3.8) is 0 Å². The molecule has 2 heterocycles. The van der Waals surface area contributed by atoms with Gasteiger partial charge in [0.2, 0.25) is 0 Å². The van der Waals surface area contributed by atoms with Gasteiger partial charge in [0.25, 0.3) is 0 Å². The molecule has 0 spiro atoms. The van der Waals surface area contributed by atoms with Crippen LogP contribution in [0.1, 0.15) is 49.1 Å². The van der Waals surface area contributed by atoms with Gasteiger partial charge in [-0.2, -0.15) is 5.10 Å². The van der Waals surface area contributed by atoms with E-state index in [1.807, 2.05) is 41.9 Å². The van der Waals surface area contributed by atoms with Crippen molar-refractivity contribution in [2.75, 3.05) is 6.61 Å². The van der Waals surface area contributed by atoms with E-state index in [1.165, 1.54) is 0 Å². The van der Waals surface area contributed by atoms with E-state index in [1.54, 1.807) is 0 Å². The molecule has 3 rings (SSSR count). The molecule has 1 aliphatic heterocycles. The van der Waals surface area contributed by atoms with Gasteiger partial charge >= 0.3 is 6.03 Å². The van der Waals surface area contributed by atoms with Crippen molar-refractivity contribution in [1.82, 2.24) is 25.4 Å². The summed E-state index contributed by atoms with van der Waals surface area (Å²) < 4.78 is 1.88. The molecule has 128 valence electrons. The molecule has 0 bridgehead atoms. The predicted molar refractivity (Wildman–Crippen MR) is 89.3 cm³/mol. The molecule has 2 atom stereocenters. The molecule has 7 nitrogen and oxygen atoms in total. The fourth-order valence-electron chi connectivity index (χ4n) is 2.96. The van der Waals surface area contributed by atoms with Gasteiger partial charge < -0.3 is 15.7 Å². The molecule has 2 aromatic rings. The average molecular weight is 329 g/mol. The third kappa shape index (κ3) is 3.56. The van der Waals surface area contributed by atoms with Crippen molar-refractivity contribution < 1.29 is 9.90 Å². The highest BCUT2D eigenvalue weighted by Gasteiger charge is 2.26. The highest BCUT2D eigenvalue weighted by atomic mass is 16.3. The second-order valence-electron chi connectivity index (χ2n) is 5.92. The van der Waals surface area contributed by atoms with Gasteiger partial charge in [-0.15, -0.1) is 0 Å². The SMILES string of the molecule is CCc1nc2n(n1)CCCC2NC(=O)NC(CO)c1ccccc1. The smallest absolute Gasteiger partial charge is 0.315 e. The molecule has 2 amide bonds. The van der Waals surface area contributed by atoms with Crippen LogP contribution in [0.25, 0.3) is 0 Å². The predicted octanol–water partition coefficient (Wildman–Crippen LogP) is 1.71. The number of aryl methyl sites for hydroxylation is 2. The van der Waals surface area contributed by atoms with Gasteiger partial charge in [0, 0.05) is 13.0 Å². The summed E-state index contributed by atoms with van der Waals surface area (Å²) in [6, 6.07) is 8.54. The van der Waals surface area contributed by atoms with E-state index >= 15 is 0 Å². The molecule has 0 saturated carbocycles. The summed E-state index contributed by atoms with van der Waals surface area (Å²) in [6.45, 7) is 2.70. The molecule has 1 aliphatic rings. The summed E-state index contributed by atoms with van der Waals surface area (Å²) in [5.74, 6) is 1.62. The highest BCUT2D eigenvalue weighted by Crippen LogP contribution is 2.23. The van der Waals surface area contributed by atoms with Crippen LogP contribution in [-0.2, 0) is 13.0 Å². The summed E-state index contributed by atoms with van der Waals surface area (Å²) in [4.78, 5) is 16.9. The quantitative estimate of drug-likeness (QED) is 0.778. The van der Waals surface area contributed by atoms with Crippen LogP contribution in [0.5, 0.6) is 0 Å². The van der Waals surface area contributed by atoms with Gasteiger partial charge in [0.1, 0.15) is 5.82 Å². The van der Waals surface area contributed by atoms with E-state index in [0.29, 0.717) is 0 Å². The summed E-state index contributed by atoms with van der Waals surface area (Å²) in [6.07, 6.45) is 2.57. The van der Waals surface area contributed by atoms with Crippen LogP contribution in [0.4, 0.5) is 4.79 Å². The number of nitrogens with one attached hydrogen (secondary N) is 2. The minimum atomic E-state index is -0.432. The van der Waals surface area contributed by atoms with Gasteiger partial charge in [-0.05, 0) is 18.4 Å². The molecule has 0 aliphatic carbocycles. The minimum Gasteiger partial charge on any atom is -0.394 e. The molecular weight excluding hydrogens is 306 g/mol. The minimum absolute atomic E-state index is 0.151. The molecule has 2 unspecified atom stereocenters. The van der Waals surface area contributed by atoms with E-state index < -0.39 is 6.04 Å². The van der Waals surface area contributed by atoms with Crippen molar-refractivity contribution in [1.29, 1.82) is 0 Å². The van der Waals surface area contributed by atoms with Crippen molar-refractivity contribution in [3.8, 4) is 0 Å². The first kappa shape index (κ1) is 16.4. The van der Waals surface area contributed by atoms with E-state index in [2.05, 4.69) is 20.7 Å². The Balaban J connectivity index is 1.66. The summed E-state index contributed by atoms with van der Waals surface area (Å²) in [5.41, 5.74) is 0.871. The monoisotopic (exact) mass is 329 g/mol. The average Bonchev–Trinajstić information content (AvgIpc) is 3.05. The first-order valence-corrected chi connectivity index (χ1v) is 8.37. The number of rotatable bonds is 5. The molecule has 24 heavy (non-hydrogen) atoms. The number of hydrogen-bond acceptors (Lipinski definition) is 4. The zero-order valence-electron chi connectivity index (χ0n) is 13.8. The van der Waals surface area contributed by atoms with Crippen LogP contribution >= 0.6 is 0 Å². The van der Waals surface area contributed by atoms with Gasteiger partial charge in [0.05, 0.1) is 18.7 Å². The van der Waals surface area contributed by atoms with Crippen LogP contribution in [0.15, 0.2) is 30.3 Å². The number of urea groups is 1. The first-order valence-electron chi connectivity index (χ1n) is 8.37. The first-order chi connectivity index (χ1) is 11.7. The van der Waals surface area contributed by atoms with Crippen molar-refractivity contribution in [3.05, 3.63) is 47.5 Å². The third-order valence-corrected chi connectivity index (χ3v) is 4.23. The maximum absolute atomic E-state index is 12.3. The van der Waals surface area contributed by atoms with Crippen molar-refractivity contribution in [2.24, 2.45) is 0 Å². The summed E-state index contributed by atoms with van der Waals surface area (Å²) in [7, 11) is 0. The van der Waals surface area contributed by atoms with Crippen LogP contribution in [0.3, 0.4) is 0 Å². The highest BCUT2D eigenvalue weighted by molar-refractivity contribution is 5.75. The lowest BCUT2D eigenvalue weighted by Gasteiger charge is -2.24. The fourth-order valence-corrected chi connectivity index (χ4v) is 2.96. The lowest BCUT2D eigenvalue weighted by atomic mass is 10.1. The molecule has 1 aromatic heterocycles. The Labute approximate surface area is 141 Å². The van der Waals surface area contributed by atoms with Gasteiger partial charge in [-0.25, -0.2) is 14.5 Å². The number of amides is 2. The standard InChI is InChI=1S/C17H23N5O2/c1-2-15-20-16-13(9-6-10-22(16)21-15)18-17(24)19-14(11-23)12-7-4-3-5-8-12/h3-5,7-8,13-14,23H,2,6,9-11H2,1H3,(H2,18,19,24). The summed E-state index contributed by atoms with van der Waals surface area (Å²) >= 11 is 0. The zero-order valence-corrected chi connectivity index (χ0v) is 13.8. The number of hydrogen-bond donors (Lipinski definition) is 3. The molecule has 1 aromatic carbocycles. The van der Waals surface area contributed by atoms with E-state index in [4.69, 9.17) is 0 Å². The number of carbonyl (C=O) groups excluding carboxylic acids is 1. The van der Waals surface area contributed by atoms with Crippen molar-refractivity contribution >= 4 is 6.03 Å². The molecular formula is C17H23N5O2. The number of aliphatic hydroxyl groups excluding tert-OH is 1. The van der Waals surface area contributed by atoms with E-state index in [0.717, 1.165) is 43.0 Å². The number of fused-ring (bicyclic) bond motifs is 1. The Hall–Kier alpha value is -2.41. The lowest BCUT2D eigenvalue weighted by Crippen LogP contribution is -2.42. The zero-order chi connectivity index (χ0) is 16.9. The van der Waals surface area contributed by atoms with Crippen LogP contribution < -0.4 is 10.6 Å². The molecule has 7 heteroatoms. The topological polar surface area (TPSA) is 92.1 Å². The van der Waals surface area contributed by atoms with Crippen molar-refractivity contribution in [2.45, 2.75) is 44.8 Å². The Kier molecular flexibility index (Phi) is 5.10. The fraction of sp³-hybridized carbons (Fsp3) is 0.471. The number of aliphatic hydroxyl groups is 1. The lowest BCUT2D eigenvalue weighted by molar-refractivity contribution is 0.211. The third-order valence-electron chi connectivity index (χ3n) is 4.23. The number of aromatic nitrogens is 3. The molecule has 0 radical (unpaired) electrons. The molecule has 0 fully saturated rings. The maximum atomic E-state index is 12.3. The Morgan fingerprint density at radius 1 is 1.42 bits per heavy atom. The number of carbonyl (C=O) groups is 1. The van der Waals surface area contributed by atoms with Gasteiger partial charge in [-0.1, -0.05) is 37.3 Å². The largest absolute Gasteiger partial charge is 0.394 e. The van der Waals surface area contributed by atoms with E-state index in [9.17, 15) is 9.90 Å². The second-order valence-corrected chi connectivity index (χ2v) is 5.92. The molecule has 3 N–H and O–H groups in total. The van der Waals surface area contributed by atoms with Gasteiger partial charge in [0.15, 0.2) is 5.82 Å². The Morgan fingerprint density at radius 3 is 2.92 bits per heavy atom. The van der Waals surface area contributed by atoms with Crippen LogP contribution in [0, 0.1) is 0 Å². The molecule has 0 saturated heterocycles. The summed E-state index contributed by atoms with van der Waals surface area (Å²) in [5, 5.41) is 19.8. The van der Waals surface area contributed by atoms with E-state index in [-0.39, 0.29) is 18.7 Å². The Bertz CT molecular complexity index is 686. The number of benzene rings is 1. The normalized spacial score (nSPS) is 17.8. The maximum Gasteiger partial charge on any atom is 0.315 e. The Morgan fingerprint density at radius 2 is 2.21 bits per heavy atom. The van der Waals surface area contributed by atoms with Crippen LogP contribution in [0.2, 0.25) is 0 Å².